The minimum atomic E-state index is -0.623. The van der Waals surface area contributed by atoms with Crippen LogP contribution in [-0.2, 0) is 0 Å². The van der Waals surface area contributed by atoms with Crippen molar-refractivity contribution in [2.24, 2.45) is 0 Å². The molecule has 17 heavy (non-hydrogen) atoms. The second-order valence-electron chi connectivity index (χ2n) is 3.10. The van der Waals surface area contributed by atoms with Crippen LogP contribution in [0, 0.1) is 5.95 Å². The van der Waals surface area contributed by atoms with Crippen LogP contribution in [-0.4, -0.2) is 4.98 Å². The third kappa shape index (κ3) is 3.09. The Bertz CT molecular complexity index is 565. The summed E-state index contributed by atoms with van der Waals surface area (Å²) < 4.78 is 18.8. The van der Waals surface area contributed by atoms with Gasteiger partial charge >= 0.3 is 0 Å². The number of halogens is 4. The van der Waals surface area contributed by atoms with Crippen LogP contribution in [0.3, 0.4) is 0 Å². The second-order valence-corrected chi connectivity index (χ2v) is 4.77. The van der Waals surface area contributed by atoms with E-state index in [1.165, 1.54) is 24.3 Å². The van der Waals surface area contributed by atoms with E-state index in [2.05, 4.69) is 20.9 Å². The topological polar surface area (TPSA) is 22.1 Å². The lowest BCUT2D eigenvalue weighted by Gasteiger charge is -2.07. The highest BCUT2D eigenvalue weighted by Gasteiger charge is 2.08. The van der Waals surface area contributed by atoms with Gasteiger partial charge in [0.1, 0.15) is 5.75 Å². The van der Waals surface area contributed by atoms with Crippen LogP contribution in [0.1, 0.15) is 0 Å². The zero-order chi connectivity index (χ0) is 12.4. The number of rotatable bonds is 2. The molecule has 0 bridgehead atoms. The molecule has 0 aliphatic carbocycles. The van der Waals surface area contributed by atoms with Crippen LogP contribution in [0.2, 0.25) is 10.0 Å². The van der Waals surface area contributed by atoms with Gasteiger partial charge < -0.3 is 4.74 Å². The molecule has 0 aliphatic rings. The van der Waals surface area contributed by atoms with Gasteiger partial charge in [-0.2, -0.15) is 9.37 Å². The Morgan fingerprint density at radius 1 is 1.18 bits per heavy atom. The van der Waals surface area contributed by atoms with Crippen molar-refractivity contribution in [1.82, 2.24) is 4.98 Å². The van der Waals surface area contributed by atoms with Crippen LogP contribution >= 0.6 is 39.1 Å². The van der Waals surface area contributed by atoms with Gasteiger partial charge in [-0.3, -0.25) is 0 Å². The van der Waals surface area contributed by atoms with Crippen molar-refractivity contribution >= 4 is 39.1 Å². The molecular formula is C11H5BrCl2FNO. The molecule has 2 rings (SSSR count). The Kier molecular flexibility index (Phi) is 3.86. The Morgan fingerprint density at radius 3 is 2.65 bits per heavy atom. The molecule has 0 unspecified atom stereocenters. The minimum Gasteiger partial charge on any atom is -0.437 e. The van der Waals surface area contributed by atoms with Crippen molar-refractivity contribution in [2.45, 2.75) is 0 Å². The number of pyridine rings is 1. The predicted octanol–water partition coefficient (Wildman–Crippen LogP) is 5.08. The van der Waals surface area contributed by atoms with Crippen LogP contribution in [0.25, 0.3) is 0 Å². The van der Waals surface area contributed by atoms with E-state index in [9.17, 15) is 4.39 Å². The van der Waals surface area contributed by atoms with Gasteiger partial charge in [-0.05, 0) is 28.1 Å². The summed E-state index contributed by atoms with van der Waals surface area (Å²) in [7, 11) is 0. The second kappa shape index (κ2) is 5.21. The third-order valence-electron chi connectivity index (χ3n) is 1.88. The van der Waals surface area contributed by atoms with Crippen molar-refractivity contribution < 1.29 is 9.13 Å². The zero-order valence-corrected chi connectivity index (χ0v) is 11.4. The number of hydrogen-bond acceptors (Lipinski definition) is 2. The molecule has 88 valence electrons. The fourth-order valence-electron chi connectivity index (χ4n) is 1.14. The van der Waals surface area contributed by atoms with Gasteiger partial charge in [0.15, 0.2) is 0 Å². The van der Waals surface area contributed by atoms with Gasteiger partial charge in [-0.15, -0.1) is 0 Å². The maximum atomic E-state index is 12.9. The normalized spacial score (nSPS) is 10.4. The number of hydrogen-bond donors (Lipinski definition) is 0. The summed E-state index contributed by atoms with van der Waals surface area (Å²) in [6, 6.07) is 7.36. The van der Waals surface area contributed by atoms with E-state index in [1.54, 1.807) is 6.07 Å². The van der Waals surface area contributed by atoms with Crippen molar-refractivity contribution in [1.29, 1.82) is 0 Å². The molecule has 0 fully saturated rings. The summed E-state index contributed by atoms with van der Waals surface area (Å²) in [6.07, 6.45) is 0. The number of benzene rings is 1. The number of nitrogens with zero attached hydrogens (tertiary/aromatic N) is 1. The smallest absolute Gasteiger partial charge is 0.221 e. The molecule has 0 saturated heterocycles. The molecule has 0 amide bonds. The van der Waals surface area contributed by atoms with Crippen molar-refractivity contribution in [3.05, 3.63) is 50.8 Å². The van der Waals surface area contributed by atoms with Crippen LogP contribution in [0.5, 0.6) is 11.6 Å². The van der Waals surface area contributed by atoms with Gasteiger partial charge in [0.05, 0.1) is 10.0 Å². The summed E-state index contributed by atoms with van der Waals surface area (Å²) in [5.74, 6) is -0.190. The van der Waals surface area contributed by atoms with E-state index >= 15 is 0 Å². The summed E-state index contributed by atoms with van der Waals surface area (Å²) in [4.78, 5) is 3.56. The maximum Gasteiger partial charge on any atom is 0.221 e. The molecule has 2 aromatic rings. The first-order valence-electron chi connectivity index (χ1n) is 4.51. The quantitative estimate of drug-likeness (QED) is 0.563. The van der Waals surface area contributed by atoms with Crippen molar-refractivity contribution in [3.63, 3.8) is 0 Å². The van der Waals surface area contributed by atoms with Crippen LogP contribution < -0.4 is 4.74 Å². The molecule has 0 spiro atoms. The lowest BCUT2D eigenvalue weighted by atomic mass is 10.3. The highest BCUT2D eigenvalue weighted by molar-refractivity contribution is 9.10. The fourth-order valence-corrected chi connectivity index (χ4v) is 1.97. The largest absolute Gasteiger partial charge is 0.437 e. The van der Waals surface area contributed by atoms with Crippen LogP contribution in [0.15, 0.2) is 34.8 Å². The van der Waals surface area contributed by atoms with Gasteiger partial charge in [0, 0.05) is 16.6 Å². The first-order chi connectivity index (χ1) is 8.06. The molecule has 1 aromatic heterocycles. The third-order valence-corrected chi connectivity index (χ3v) is 3.37. The zero-order valence-electron chi connectivity index (χ0n) is 8.25. The maximum absolute atomic E-state index is 12.9. The highest BCUT2D eigenvalue weighted by atomic mass is 79.9. The minimum absolute atomic E-state index is 0.116. The summed E-state index contributed by atoms with van der Waals surface area (Å²) >= 11 is 15.1. The Labute approximate surface area is 115 Å². The fraction of sp³-hybridized carbons (Fsp3) is 0. The number of ether oxygens (including phenoxy) is 1. The predicted molar refractivity (Wildman–Crippen MR) is 68.4 cm³/mol. The monoisotopic (exact) mass is 335 g/mol. The summed E-state index contributed by atoms with van der Waals surface area (Å²) in [6.45, 7) is 0. The molecular weight excluding hydrogens is 332 g/mol. The summed E-state index contributed by atoms with van der Waals surface area (Å²) in [5, 5.41) is 0.799. The molecule has 0 radical (unpaired) electrons. The van der Waals surface area contributed by atoms with Gasteiger partial charge in [0.2, 0.25) is 11.8 Å². The van der Waals surface area contributed by atoms with E-state index in [0.29, 0.717) is 20.3 Å². The first kappa shape index (κ1) is 12.6. The van der Waals surface area contributed by atoms with Crippen LogP contribution in [0.4, 0.5) is 4.39 Å². The van der Waals surface area contributed by atoms with Gasteiger partial charge in [-0.25, -0.2) is 0 Å². The molecule has 1 heterocycles. The van der Waals surface area contributed by atoms with Crippen molar-refractivity contribution in [2.75, 3.05) is 0 Å². The average Bonchev–Trinajstić information content (AvgIpc) is 2.26. The number of aromatic nitrogens is 1. The van der Waals surface area contributed by atoms with Gasteiger partial charge in [0.25, 0.3) is 0 Å². The Balaban J connectivity index is 2.33. The standard InChI is InChI=1S/C11H5BrCl2FNO/c12-6-4-8(14)9(5-7(6)13)17-11-3-1-2-10(15)16-11/h1-5H. The van der Waals surface area contributed by atoms with Gasteiger partial charge in [-0.1, -0.05) is 29.3 Å². The van der Waals surface area contributed by atoms with E-state index in [1.807, 2.05) is 0 Å². The lowest BCUT2D eigenvalue weighted by molar-refractivity contribution is 0.445. The SMILES string of the molecule is Fc1cccc(Oc2cc(Cl)c(Br)cc2Cl)n1. The van der Waals surface area contributed by atoms with E-state index in [4.69, 9.17) is 27.9 Å². The van der Waals surface area contributed by atoms with Crippen molar-refractivity contribution in [3.8, 4) is 11.6 Å². The van der Waals surface area contributed by atoms with E-state index in [0.717, 1.165) is 0 Å². The summed E-state index contributed by atoms with van der Waals surface area (Å²) in [5.41, 5.74) is 0. The molecule has 2 nitrogen and oxygen atoms in total. The molecule has 1 aromatic carbocycles. The van der Waals surface area contributed by atoms with E-state index < -0.39 is 5.95 Å². The highest BCUT2D eigenvalue weighted by Crippen LogP contribution is 2.35. The molecule has 0 aliphatic heterocycles. The van der Waals surface area contributed by atoms with E-state index in [-0.39, 0.29) is 5.88 Å². The lowest BCUT2D eigenvalue weighted by Crippen LogP contribution is -1.90. The Morgan fingerprint density at radius 2 is 1.94 bits per heavy atom. The molecule has 0 atom stereocenters. The molecule has 0 saturated carbocycles. The first-order valence-corrected chi connectivity index (χ1v) is 6.06. The molecule has 0 N–H and O–H groups in total. The average molecular weight is 337 g/mol. The molecule has 6 heteroatoms. The Hall–Kier alpha value is -0.840.